The van der Waals surface area contributed by atoms with E-state index in [9.17, 15) is 20.6 Å². The number of para-hydroxylation sites is 1. The van der Waals surface area contributed by atoms with Crippen LogP contribution in [0.1, 0.15) is 10.6 Å². The number of nitrogens with zero attached hydrogens (tertiary/aromatic N) is 2. The number of rotatable bonds is 3. The second-order valence-corrected chi connectivity index (χ2v) is 5.99. The molecule has 3 rings (SSSR count). The zero-order valence-corrected chi connectivity index (χ0v) is 13.4. The summed E-state index contributed by atoms with van der Waals surface area (Å²) >= 11 is 1.29. The van der Waals surface area contributed by atoms with Crippen LogP contribution < -0.4 is 5.32 Å². The fourth-order valence-corrected chi connectivity index (χ4v) is 3.23. The number of anilines is 1. The number of fused-ring (bicyclic) bond motifs is 1. The summed E-state index contributed by atoms with van der Waals surface area (Å²) in [4.78, 5) is 4.36. The molecule has 0 fully saturated rings. The summed E-state index contributed by atoms with van der Waals surface area (Å²) < 4.78 is 0.900. The van der Waals surface area contributed by atoms with Crippen molar-refractivity contribution in [3.63, 3.8) is 0 Å². The van der Waals surface area contributed by atoms with Crippen molar-refractivity contribution in [2.24, 2.45) is 0 Å². The second-order valence-electron chi connectivity index (χ2n) is 4.96. The van der Waals surface area contributed by atoms with Gasteiger partial charge in [-0.3, -0.25) is 0 Å². The third kappa shape index (κ3) is 2.59. The van der Waals surface area contributed by atoms with Crippen molar-refractivity contribution in [1.82, 2.24) is 4.98 Å². The quantitative estimate of drug-likeness (QED) is 0.329. The number of thiazole rings is 1. The lowest BCUT2D eigenvalue weighted by atomic mass is 10.1. The number of aromatic hydroxyl groups is 2. The largest absolute Gasteiger partial charge is 0.506 e. The number of phenolic OH excluding ortho intramolecular Hbond substituents is 2. The van der Waals surface area contributed by atoms with E-state index >= 15 is 0 Å². The molecule has 120 valence electrons. The number of phenols is 2. The Labute approximate surface area is 141 Å². The van der Waals surface area contributed by atoms with Gasteiger partial charge in [-0.1, -0.05) is 12.1 Å². The van der Waals surface area contributed by atoms with Gasteiger partial charge in [0.1, 0.15) is 22.4 Å². The summed E-state index contributed by atoms with van der Waals surface area (Å²) in [6.07, 6.45) is 0. The molecule has 0 aliphatic carbocycles. The lowest BCUT2D eigenvalue weighted by molar-refractivity contribution is 0.404. The van der Waals surface area contributed by atoms with Crippen LogP contribution in [-0.4, -0.2) is 27.4 Å². The molecule has 0 atom stereocenters. The molecule has 24 heavy (non-hydrogen) atoms. The van der Waals surface area contributed by atoms with Gasteiger partial charge >= 0.3 is 0 Å². The summed E-state index contributed by atoms with van der Waals surface area (Å²) in [5.41, 5.74) is 1.18. The second kappa shape index (κ2) is 6.10. The Kier molecular flexibility index (Phi) is 3.98. The number of nitriles is 1. The summed E-state index contributed by atoms with van der Waals surface area (Å²) in [6.45, 7) is 0. The first-order valence-corrected chi connectivity index (χ1v) is 7.80. The molecule has 0 amide bonds. The van der Waals surface area contributed by atoms with Crippen LogP contribution in [0.15, 0.2) is 36.4 Å². The van der Waals surface area contributed by atoms with E-state index in [2.05, 4.69) is 10.3 Å². The zero-order valence-electron chi connectivity index (χ0n) is 12.6. The van der Waals surface area contributed by atoms with Crippen LogP contribution in [0.3, 0.4) is 0 Å². The standard InChI is InChI=1S/C17H13N3O3S/c1-19-12-6-9(7-13(21)16(12)23)15(22)10(8-18)17-20-11-4-2-3-5-14(11)24-17/h2-7,19,21-23H,1H3/b15-10-. The van der Waals surface area contributed by atoms with Crippen LogP contribution in [0.2, 0.25) is 0 Å². The van der Waals surface area contributed by atoms with E-state index in [1.807, 2.05) is 30.3 Å². The fourth-order valence-electron chi connectivity index (χ4n) is 2.27. The molecule has 0 saturated heterocycles. The average molecular weight is 339 g/mol. The van der Waals surface area contributed by atoms with E-state index < -0.39 is 5.75 Å². The molecule has 0 bridgehead atoms. The molecule has 3 aromatic rings. The van der Waals surface area contributed by atoms with Crippen LogP contribution in [0.4, 0.5) is 5.69 Å². The Balaban J connectivity index is 2.18. The van der Waals surface area contributed by atoms with Crippen molar-refractivity contribution < 1.29 is 15.3 Å². The Morgan fingerprint density at radius 2 is 2.00 bits per heavy atom. The predicted octanol–water partition coefficient (Wildman–Crippen LogP) is 3.70. The minimum absolute atomic E-state index is 0.00310. The number of hydrogen-bond acceptors (Lipinski definition) is 7. The van der Waals surface area contributed by atoms with Gasteiger partial charge in [-0.2, -0.15) is 5.26 Å². The first-order valence-electron chi connectivity index (χ1n) is 6.98. The molecule has 2 aromatic carbocycles. The summed E-state index contributed by atoms with van der Waals surface area (Å²) in [7, 11) is 1.57. The molecule has 4 N–H and O–H groups in total. The number of hydrogen-bond donors (Lipinski definition) is 4. The van der Waals surface area contributed by atoms with Gasteiger partial charge in [-0.25, -0.2) is 4.98 Å². The SMILES string of the molecule is CNc1cc(/C(O)=C(\C#N)c2nc3ccccc3s2)cc(O)c1O. The number of allylic oxidation sites excluding steroid dienone is 1. The van der Waals surface area contributed by atoms with E-state index in [0.717, 1.165) is 10.2 Å². The molecule has 0 radical (unpaired) electrons. The predicted molar refractivity (Wildman–Crippen MR) is 94.0 cm³/mol. The van der Waals surface area contributed by atoms with Gasteiger partial charge in [0.05, 0.1) is 15.9 Å². The average Bonchev–Trinajstić information content (AvgIpc) is 3.01. The highest BCUT2D eigenvalue weighted by Crippen LogP contribution is 2.38. The molecule has 0 aliphatic heterocycles. The van der Waals surface area contributed by atoms with Gasteiger partial charge < -0.3 is 20.6 Å². The monoisotopic (exact) mass is 339 g/mol. The maximum Gasteiger partial charge on any atom is 0.181 e. The van der Waals surface area contributed by atoms with E-state index in [1.165, 1.54) is 23.5 Å². The fraction of sp³-hybridized carbons (Fsp3) is 0.0588. The van der Waals surface area contributed by atoms with E-state index in [1.54, 1.807) is 7.05 Å². The molecule has 1 aromatic heterocycles. The van der Waals surface area contributed by atoms with Crippen LogP contribution in [0.25, 0.3) is 21.5 Å². The lowest BCUT2D eigenvalue weighted by Gasteiger charge is -2.09. The van der Waals surface area contributed by atoms with Gasteiger partial charge in [0, 0.05) is 12.6 Å². The van der Waals surface area contributed by atoms with Gasteiger partial charge in [0.25, 0.3) is 0 Å². The molecule has 1 heterocycles. The molecular formula is C17H13N3O3S. The number of benzene rings is 2. The Hall–Kier alpha value is -3.24. The Morgan fingerprint density at radius 3 is 2.67 bits per heavy atom. The highest BCUT2D eigenvalue weighted by molar-refractivity contribution is 7.19. The van der Waals surface area contributed by atoms with E-state index in [-0.39, 0.29) is 28.3 Å². The van der Waals surface area contributed by atoms with Gasteiger partial charge in [0.2, 0.25) is 0 Å². The molecule has 6 nitrogen and oxygen atoms in total. The molecular weight excluding hydrogens is 326 g/mol. The van der Waals surface area contributed by atoms with Crippen LogP contribution in [0.5, 0.6) is 11.5 Å². The highest BCUT2D eigenvalue weighted by Gasteiger charge is 2.18. The summed E-state index contributed by atoms with van der Waals surface area (Å²) in [5.74, 6) is -1.04. The van der Waals surface area contributed by atoms with Crippen LogP contribution in [0, 0.1) is 11.3 Å². The van der Waals surface area contributed by atoms with Crippen molar-refractivity contribution >= 4 is 38.6 Å². The number of nitrogens with one attached hydrogen (secondary N) is 1. The van der Waals surface area contributed by atoms with Crippen molar-refractivity contribution in [2.75, 3.05) is 12.4 Å². The van der Waals surface area contributed by atoms with Crippen molar-refractivity contribution in [1.29, 1.82) is 5.26 Å². The summed E-state index contributed by atoms with van der Waals surface area (Å²) in [5, 5.41) is 42.6. The first kappa shape index (κ1) is 15.6. The molecule has 0 unspecified atom stereocenters. The molecule has 0 saturated carbocycles. The van der Waals surface area contributed by atoms with Crippen LogP contribution in [-0.2, 0) is 0 Å². The third-order valence-electron chi connectivity index (χ3n) is 3.49. The topological polar surface area (TPSA) is 109 Å². The minimum atomic E-state index is -0.398. The van der Waals surface area contributed by atoms with E-state index in [0.29, 0.717) is 5.01 Å². The molecule has 0 spiro atoms. The number of aromatic nitrogens is 1. The maximum absolute atomic E-state index is 10.5. The van der Waals surface area contributed by atoms with Crippen molar-refractivity contribution in [3.8, 4) is 17.6 Å². The molecule has 7 heteroatoms. The Bertz CT molecular complexity index is 969. The zero-order chi connectivity index (χ0) is 17.3. The third-order valence-corrected chi connectivity index (χ3v) is 4.54. The molecule has 0 aliphatic rings. The van der Waals surface area contributed by atoms with Gasteiger partial charge in [-0.15, -0.1) is 11.3 Å². The van der Waals surface area contributed by atoms with E-state index in [4.69, 9.17) is 0 Å². The summed E-state index contributed by atoms with van der Waals surface area (Å²) in [6, 6.07) is 12.0. The first-order chi connectivity index (χ1) is 11.5. The van der Waals surface area contributed by atoms with Gasteiger partial charge in [-0.05, 0) is 24.3 Å². The highest BCUT2D eigenvalue weighted by atomic mass is 32.1. The van der Waals surface area contributed by atoms with Gasteiger partial charge in [0.15, 0.2) is 11.5 Å². The normalized spacial score (nSPS) is 11.8. The van der Waals surface area contributed by atoms with Crippen LogP contribution >= 0.6 is 11.3 Å². The smallest absolute Gasteiger partial charge is 0.181 e. The maximum atomic E-state index is 10.5. The Morgan fingerprint density at radius 1 is 1.25 bits per heavy atom. The number of aliphatic hydroxyl groups is 1. The number of aliphatic hydroxyl groups excluding tert-OH is 1. The van der Waals surface area contributed by atoms with Crippen molar-refractivity contribution in [3.05, 3.63) is 47.0 Å². The lowest BCUT2D eigenvalue weighted by Crippen LogP contribution is -1.94. The minimum Gasteiger partial charge on any atom is -0.506 e. The van der Waals surface area contributed by atoms with Crippen molar-refractivity contribution in [2.45, 2.75) is 0 Å².